The summed E-state index contributed by atoms with van der Waals surface area (Å²) in [6.45, 7) is 2.93. The molecule has 70 valence electrons. The summed E-state index contributed by atoms with van der Waals surface area (Å²) < 4.78 is 0. The number of nitrogens with two attached hydrogens (primary N) is 1. The average Bonchev–Trinajstić information content (AvgIpc) is 1.96. The molecular weight excluding hydrogens is 176 g/mol. The van der Waals surface area contributed by atoms with Crippen molar-refractivity contribution in [3.63, 3.8) is 0 Å². The smallest absolute Gasteiger partial charge is 0.183 e. The number of rotatable bonds is 2. The van der Waals surface area contributed by atoms with Crippen molar-refractivity contribution in [2.45, 2.75) is 31.3 Å². The first-order valence-electron chi connectivity index (χ1n) is 4.33. The van der Waals surface area contributed by atoms with E-state index in [1.807, 2.05) is 0 Å². The third kappa shape index (κ3) is 2.73. The molecule has 0 amide bonds. The molecule has 1 heterocycles. The summed E-state index contributed by atoms with van der Waals surface area (Å²) in [6.07, 6.45) is 2.00. The maximum atomic E-state index is 10.8. The van der Waals surface area contributed by atoms with Crippen LogP contribution in [0.3, 0.4) is 0 Å². The molecule has 1 rings (SSSR count). The molecule has 3 nitrogen and oxygen atoms in total. The van der Waals surface area contributed by atoms with E-state index in [4.69, 9.17) is 17.3 Å². The number of hydrogen-bond acceptors (Lipinski definition) is 2. The Morgan fingerprint density at radius 1 is 1.67 bits per heavy atom. The highest BCUT2D eigenvalue weighted by atomic mass is 35.5. The molecule has 0 aromatic carbocycles. The second-order valence-corrected chi connectivity index (χ2v) is 4.14. The molecule has 1 aliphatic heterocycles. The van der Waals surface area contributed by atoms with Gasteiger partial charge >= 0.3 is 0 Å². The fourth-order valence-corrected chi connectivity index (χ4v) is 1.95. The number of likely N-dealkylation sites (tertiary alicyclic amines) is 1. The highest BCUT2D eigenvalue weighted by Gasteiger charge is 2.28. The third-order valence-corrected chi connectivity index (χ3v) is 2.65. The Morgan fingerprint density at radius 3 is 2.92 bits per heavy atom. The van der Waals surface area contributed by atoms with Crippen molar-refractivity contribution in [2.75, 3.05) is 13.1 Å². The van der Waals surface area contributed by atoms with E-state index < -0.39 is 0 Å². The van der Waals surface area contributed by atoms with Gasteiger partial charge < -0.3 is 4.90 Å². The zero-order valence-electron chi connectivity index (χ0n) is 7.35. The minimum atomic E-state index is 0.101. The van der Waals surface area contributed by atoms with Crippen LogP contribution in [0.15, 0.2) is 0 Å². The lowest BCUT2D eigenvalue weighted by molar-refractivity contribution is -0.922. The first-order chi connectivity index (χ1) is 5.59. The highest BCUT2D eigenvalue weighted by Crippen LogP contribution is 2.06. The standard InChI is InChI=1S/C8H15ClN2O/c1-6(12)4-11-5-7(9)2-3-8(11)10/h7-8H,2-5,10H2,1H3/p+1. The molecular formula is C8H16ClN2O+. The number of hydrogen-bond donors (Lipinski definition) is 2. The number of ketones is 1. The van der Waals surface area contributed by atoms with Crippen molar-refractivity contribution in [3.8, 4) is 0 Å². The molecule has 3 atom stereocenters. The number of Topliss-reactive ketones (excluding diaryl/α,β-unsaturated/α-hetero) is 1. The molecule has 3 N–H and O–H groups in total. The van der Waals surface area contributed by atoms with E-state index in [9.17, 15) is 4.79 Å². The predicted molar refractivity (Wildman–Crippen MR) is 48.2 cm³/mol. The quantitative estimate of drug-likeness (QED) is 0.559. The molecule has 0 saturated carbocycles. The number of quaternary nitrogens is 1. The van der Waals surface area contributed by atoms with E-state index >= 15 is 0 Å². The van der Waals surface area contributed by atoms with Crippen LogP contribution in [0, 0.1) is 0 Å². The molecule has 0 bridgehead atoms. The predicted octanol–water partition coefficient (Wildman–Crippen LogP) is -0.854. The minimum Gasteiger partial charge on any atom is -0.313 e. The Kier molecular flexibility index (Phi) is 3.50. The van der Waals surface area contributed by atoms with E-state index in [1.165, 1.54) is 0 Å². The Balaban J connectivity index is 2.43. The van der Waals surface area contributed by atoms with E-state index in [2.05, 4.69) is 0 Å². The monoisotopic (exact) mass is 191 g/mol. The summed E-state index contributed by atoms with van der Waals surface area (Å²) in [5.74, 6) is 0.186. The lowest BCUT2D eigenvalue weighted by Gasteiger charge is -2.31. The normalized spacial score (nSPS) is 36.4. The fourth-order valence-electron chi connectivity index (χ4n) is 1.63. The van der Waals surface area contributed by atoms with Crippen LogP contribution in [-0.2, 0) is 4.79 Å². The minimum absolute atomic E-state index is 0.101. The molecule has 0 aliphatic carbocycles. The number of piperidine rings is 1. The summed E-state index contributed by atoms with van der Waals surface area (Å²) in [5, 5.41) is 0.194. The molecule has 0 spiro atoms. The summed E-state index contributed by atoms with van der Waals surface area (Å²) in [4.78, 5) is 12.0. The SMILES string of the molecule is CC(=O)C[NH+]1CC(Cl)CCC1N. The van der Waals surface area contributed by atoms with Crippen LogP contribution in [0.2, 0.25) is 0 Å². The van der Waals surface area contributed by atoms with Gasteiger partial charge in [-0.25, -0.2) is 0 Å². The van der Waals surface area contributed by atoms with Gasteiger partial charge in [-0.2, -0.15) is 0 Å². The van der Waals surface area contributed by atoms with E-state index in [0.29, 0.717) is 6.54 Å². The van der Waals surface area contributed by atoms with Crippen molar-refractivity contribution >= 4 is 17.4 Å². The number of nitrogens with one attached hydrogen (secondary N) is 1. The maximum Gasteiger partial charge on any atom is 0.183 e. The second kappa shape index (κ2) is 4.21. The average molecular weight is 192 g/mol. The summed E-state index contributed by atoms with van der Waals surface area (Å²) >= 11 is 5.97. The zero-order valence-corrected chi connectivity index (χ0v) is 8.10. The Bertz CT molecular complexity index is 174. The van der Waals surface area contributed by atoms with Gasteiger partial charge in [-0.1, -0.05) is 0 Å². The first kappa shape index (κ1) is 9.96. The van der Waals surface area contributed by atoms with Crippen LogP contribution in [0.25, 0.3) is 0 Å². The van der Waals surface area contributed by atoms with Crippen LogP contribution in [0.5, 0.6) is 0 Å². The molecule has 3 unspecified atom stereocenters. The van der Waals surface area contributed by atoms with Crippen LogP contribution in [0.1, 0.15) is 19.8 Å². The fraction of sp³-hybridized carbons (Fsp3) is 0.875. The van der Waals surface area contributed by atoms with Gasteiger partial charge in [0, 0.05) is 13.3 Å². The number of carbonyl (C=O) groups is 1. The zero-order chi connectivity index (χ0) is 9.14. The highest BCUT2D eigenvalue weighted by molar-refractivity contribution is 6.20. The summed E-state index contributed by atoms with van der Waals surface area (Å²) in [7, 11) is 0. The van der Waals surface area contributed by atoms with E-state index in [1.54, 1.807) is 6.92 Å². The first-order valence-corrected chi connectivity index (χ1v) is 4.77. The van der Waals surface area contributed by atoms with Gasteiger partial charge in [-0.3, -0.25) is 10.5 Å². The molecule has 4 heteroatoms. The maximum absolute atomic E-state index is 10.8. The van der Waals surface area contributed by atoms with Gasteiger partial charge in [-0.15, -0.1) is 11.6 Å². The van der Waals surface area contributed by atoms with E-state index in [-0.39, 0.29) is 17.3 Å². The van der Waals surface area contributed by atoms with Crippen LogP contribution >= 0.6 is 11.6 Å². The molecule has 1 aliphatic rings. The molecule has 1 saturated heterocycles. The lowest BCUT2D eigenvalue weighted by atomic mass is 10.1. The van der Waals surface area contributed by atoms with E-state index in [0.717, 1.165) is 24.3 Å². The van der Waals surface area contributed by atoms with Crippen LogP contribution in [-0.4, -0.2) is 30.4 Å². The van der Waals surface area contributed by atoms with Crippen molar-refractivity contribution in [3.05, 3.63) is 0 Å². The van der Waals surface area contributed by atoms with Gasteiger partial charge in [0.25, 0.3) is 0 Å². The van der Waals surface area contributed by atoms with Crippen LogP contribution < -0.4 is 10.6 Å². The van der Waals surface area contributed by atoms with Crippen molar-refractivity contribution in [1.82, 2.24) is 0 Å². The van der Waals surface area contributed by atoms with Gasteiger partial charge in [0.15, 0.2) is 5.78 Å². The van der Waals surface area contributed by atoms with Crippen LogP contribution in [0.4, 0.5) is 0 Å². The number of carbonyl (C=O) groups excluding carboxylic acids is 1. The molecule has 12 heavy (non-hydrogen) atoms. The molecule has 0 radical (unpaired) electrons. The largest absolute Gasteiger partial charge is 0.313 e. The number of halogens is 1. The Morgan fingerprint density at radius 2 is 2.33 bits per heavy atom. The topological polar surface area (TPSA) is 47.5 Å². The molecule has 0 aromatic rings. The molecule has 0 aromatic heterocycles. The lowest BCUT2D eigenvalue weighted by Crippen LogP contribution is -3.19. The Labute approximate surface area is 77.9 Å². The Hall–Kier alpha value is -0.120. The van der Waals surface area contributed by atoms with Gasteiger partial charge in [0.05, 0.1) is 11.9 Å². The second-order valence-electron chi connectivity index (χ2n) is 3.52. The van der Waals surface area contributed by atoms with Gasteiger partial charge in [0.1, 0.15) is 12.7 Å². The molecule has 1 fully saturated rings. The van der Waals surface area contributed by atoms with Gasteiger partial charge in [-0.05, 0) is 6.42 Å². The van der Waals surface area contributed by atoms with Crippen molar-refractivity contribution in [2.24, 2.45) is 5.73 Å². The van der Waals surface area contributed by atoms with Crippen molar-refractivity contribution in [1.29, 1.82) is 0 Å². The van der Waals surface area contributed by atoms with Crippen molar-refractivity contribution < 1.29 is 9.69 Å². The summed E-state index contributed by atoms with van der Waals surface area (Å²) in [6, 6.07) is 0. The summed E-state index contributed by atoms with van der Waals surface area (Å²) in [5.41, 5.74) is 5.84. The number of alkyl halides is 1. The third-order valence-electron chi connectivity index (χ3n) is 2.27. The van der Waals surface area contributed by atoms with Gasteiger partial charge in [0.2, 0.25) is 0 Å².